The van der Waals surface area contributed by atoms with Gasteiger partial charge in [-0.2, -0.15) is 0 Å². The number of rotatable bonds is 7. The number of nitrogens with two attached hydrogens (primary N) is 1. The van der Waals surface area contributed by atoms with Crippen molar-refractivity contribution < 1.29 is 4.74 Å². The molecule has 6 nitrogen and oxygen atoms in total. The van der Waals surface area contributed by atoms with Crippen LogP contribution < -0.4 is 5.73 Å². The van der Waals surface area contributed by atoms with Crippen molar-refractivity contribution in [3.05, 3.63) is 5.82 Å². The van der Waals surface area contributed by atoms with Crippen LogP contribution in [0, 0.1) is 0 Å². The van der Waals surface area contributed by atoms with Gasteiger partial charge in [0, 0.05) is 13.2 Å². The van der Waals surface area contributed by atoms with Crippen molar-refractivity contribution in [2.24, 2.45) is 5.73 Å². The Morgan fingerprint density at radius 3 is 2.60 bits per heavy atom. The third-order valence-corrected chi connectivity index (χ3v) is 4.10. The fraction of sp³-hybridized carbons (Fsp3) is 0.929. The average molecular weight is 281 g/mol. The van der Waals surface area contributed by atoms with E-state index in [4.69, 9.17) is 10.5 Å². The number of aryl methyl sites for hydroxylation is 1. The van der Waals surface area contributed by atoms with Gasteiger partial charge in [0.2, 0.25) is 0 Å². The highest BCUT2D eigenvalue weighted by molar-refractivity contribution is 5.02. The molecule has 2 N–H and O–H groups in total. The van der Waals surface area contributed by atoms with Crippen LogP contribution in [-0.4, -0.2) is 33.4 Å². The number of hydrogen-bond donors (Lipinski definition) is 1. The quantitative estimate of drug-likeness (QED) is 0.611. The predicted octanol–water partition coefficient (Wildman–Crippen LogP) is 2.00. The Morgan fingerprint density at radius 2 is 1.95 bits per heavy atom. The lowest BCUT2D eigenvalue weighted by atomic mass is 9.93. The molecule has 0 unspecified atom stereocenters. The van der Waals surface area contributed by atoms with E-state index in [-0.39, 0.29) is 5.60 Å². The molecule has 0 spiro atoms. The number of ether oxygens (including phenoxy) is 1. The molecule has 0 bridgehead atoms. The fourth-order valence-corrected chi connectivity index (χ4v) is 3.10. The molecule has 0 amide bonds. The van der Waals surface area contributed by atoms with Crippen LogP contribution in [0.25, 0.3) is 0 Å². The molecule has 1 aromatic rings. The zero-order chi connectivity index (χ0) is 14.3. The molecule has 0 radical (unpaired) electrons. The summed E-state index contributed by atoms with van der Waals surface area (Å²) in [5.74, 6) is 0.915. The average Bonchev–Trinajstić information content (AvgIpc) is 2.80. The Morgan fingerprint density at radius 1 is 1.20 bits per heavy atom. The first kappa shape index (κ1) is 15.4. The maximum atomic E-state index is 6.15. The second-order valence-electron chi connectivity index (χ2n) is 5.56. The van der Waals surface area contributed by atoms with Gasteiger partial charge >= 0.3 is 0 Å². The highest BCUT2D eigenvalue weighted by Gasteiger charge is 2.38. The second-order valence-corrected chi connectivity index (χ2v) is 5.56. The van der Waals surface area contributed by atoms with Crippen LogP contribution in [-0.2, 0) is 16.9 Å². The van der Waals surface area contributed by atoms with Gasteiger partial charge in [-0.15, -0.1) is 5.10 Å². The van der Waals surface area contributed by atoms with E-state index in [1.807, 2.05) is 4.68 Å². The summed E-state index contributed by atoms with van der Waals surface area (Å²) >= 11 is 0. The Bertz CT molecular complexity index is 385. The number of tetrazole rings is 1. The molecule has 1 aromatic heterocycles. The molecular weight excluding hydrogens is 254 g/mol. The fourth-order valence-electron chi connectivity index (χ4n) is 3.10. The summed E-state index contributed by atoms with van der Waals surface area (Å²) in [6.45, 7) is 4.30. The Labute approximate surface area is 121 Å². The predicted molar refractivity (Wildman–Crippen MR) is 77.1 cm³/mol. The lowest BCUT2D eigenvalue weighted by molar-refractivity contribution is -0.0655. The molecule has 0 aliphatic heterocycles. The van der Waals surface area contributed by atoms with E-state index in [0.29, 0.717) is 13.2 Å². The molecule has 1 aliphatic rings. The van der Waals surface area contributed by atoms with Crippen LogP contribution in [0.1, 0.15) is 64.1 Å². The minimum atomic E-state index is -0.280. The summed E-state index contributed by atoms with van der Waals surface area (Å²) in [4.78, 5) is 0. The molecule has 0 aromatic carbocycles. The molecule has 2 rings (SSSR count). The first-order chi connectivity index (χ1) is 9.82. The summed E-state index contributed by atoms with van der Waals surface area (Å²) < 4.78 is 8.08. The second kappa shape index (κ2) is 7.69. The molecule has 114 valence electrons. The molecule has 1 saturated carbocycles. The minimum absolute atomic E-state index is 0.280. The van der Waals surface area contributed by atoms with Gasteiger partial charge in [-0.05, 0) is 49.6 Å². The van der Waals surface area contributed by atoms with Crippen molar-refractivity contribution in [3.8, 4) is 0 Å². The van der Waals surface area contributed by atoms with E-state index in [0.717, 1.165) is 38.1 Å². The Kier molecular flexibility index (Phi) is 5.91. The van der Waals surface area contributed by atoms with Crippen molar-refractivity contribution in [1.29, 1.82) is 0 Å². The van der Waals surface area contributed by atoms with E-state index in [9.17, 15) is 0 Å². The highest BCUT2D eigenvalue weighted by atomic mass is 16.5. The molecule has 1 heterocycles. The van der Waals surface area contributed by atoms with E-state index < -0.39 is 0 Å². The number of hydrogen-bond acceptors (Lipinski definition) is 5. The van der Waals surface area contributed by atoms with Crippen LogP contribution in [0.3, 0.4) is 0 Å². The largest absolute Gasteiger partial charge is 0.367 e. The van der Waals surface area contributed by atoms with Gasteiger partial charge in [0.15, 0.2) is 5.82 Å². The van der Waals surface area contributed by atoms with E-state index in [1.165, 1.54) is 25.7 Å². The maximum absolute atomic E-state index is 6.15. The number of unbranched alkanes of at least 4 members (excludes halogenated alkanes) is 1. The molecule has 1 fully saturated rings. The monoisotopic (exact) mass is 281 g/mol. The van der Waals surface area contributed by atoms with Gasteiger partial charge < -0.3 is 10.5 Å². The lowest BCUT2D eigenvalue weighted by Crippen LogP contribution is -2.33. The van der Waals surface area contributed by atoms with Crippen LogP contribution >= 0.6 is 0 Å². The third-order valence-electron chi connectivity index (χ3n) is 4.10. The lowest BCUT2D eigenvalue weighted by Gasteiger charge is -2.31. The van der Waals surface area contributed by atoms with Crippen molar-refractivity contribution in [2.45, 2.75) is 70.4 Å². The Hall–Kier alpha value is -1.01. The van der Waals surface area contributed by atoms with E-state index in [2.05, 4.69) is 22.4 Å². The highest BCUT2D eigenvalue weighted by Crippen LogP contribution is 2.38. The van der Waals surface area contributed by atoms with Gasteiger partial charge in [0.1, 0.15) is 5.60 Å². The zero-order valence-corrected chi connectivity index (χ0v) is 12.6. The summed E-state index contributed by atoms with van der Waals surface area (Å²) in [5, 5.41) is 12.3. The van der Waals surface area contributed by atoms with E-state index >= 15 is 0 Å². The van der Waals surface area contributed by atoms with Crippen molar-refractivity contribution >= 4 is 0 Å². The van der Waals surface area contributed by atoms with Crippen LogP contribution in [0.15, 0.2) is 0 Å². The first-order valence-corrected chi connectivity index (χ1v) is 7.93. The Balaban J connectivity index is 2.17. The SMILES string of the molecule is CCOC1(c2nnnn2CCCCN)CCCCCC1. The van der Waals surface area contributed by atoms with Crippen molar-refractivity contribution in [3.63, 3.8) is 0 Å². The van der Waals surface area contributed by atoms with Gasteiger partial charge in [0.25, 0.3) is 0 Å². The van der Waals surface area contributed by atoms with Crippen molar-refractivity contribution in [2.75, 3.05) is 13.2 Å². The molecule has 0 saturated heterocycles. The molecule has 1 aliphatic carbocycles. The third kappa shape index (κ3) is 3.55. The van der Waals surface area contributed by atoms with Crippen molar-refractivity contribution in [1.82, 2.24) is 20.2 Å². The topological polar surface area (TPSA) is 78.9 Å². The van der Waals surface area contributed by atoms with Crippen LogP contribution in [0.4, 0.5) is 0 Å². The minimum Gasteiger partial charge on any atom is -0.367 e. The summed E-state index contributed by atoms with van der Waals surface area (Å²) in [6, 6.07) is 0. The molecule has 20 heavy (non-hydrogen) atoms. The van der Waals surface area contributed by atoms with Gasteiger partial charge in [-0.25, -0.2) is 4.68 Å². The van der Waals surface area contributed by atoms with Crippen LogP contribution in [0.5, 0.6) is 0 Å². The van der Waals surface area contributed by atoms with Gasteiger partial charge in [-0.1, -0.05) is 25.7 Å². The standard InChI is InChI=1S/C14H27N5O/c1-2-20-14(9-5-3-4-6-10-14)13-16-17-18-19(13)12-8-7-11-15/h2-12,15H2,1H3. The smallest absolute Gasteiger partial charge is 0.183 e. The van der Waals surface area contributed by atoms with Crippen LogP contribution in [0.2, 0.25) is 0 Å². The maximum Gasteiger partial charge on any atom is 0.183 e. The van der Waals surface area contributed by atoms with E-state index in [1.54, 1.807) is 0 Å². The molecule has 6 heteroatoms. The summed E-state index contributed by atoms with van der Waals surface area (Å²) in [6.07, 6.45) is 9.01. The summed E-state index contributed by atoms with van der Waals surface area (Å²) in [7, 11) is 0. The number of nitrogens with zero attached hydrogens (tertiary/aromatic N) is 4. The summed E-state index contributed by atoms with van der Waals surface area (Å²) in [5.41, 5.74) is 5.28. The van der Waals surface area contributed by atoms with Gasteiger partial charge in [-0.3, -0.25) is 0 Å². The number of aromatic nitrogens is 4. The zero-order valence-electron chi connectivity index (χ0n) is 12.6. The van der Waals surface area contributed by atoms with Gasteiger partial charge in [0.05, 0.1) is 0 Å². The first-order valence-electron chi connectivity index (χ1n) is 7.93. The molecule has 0 atom stereocenters. The normalized spacial score (nSPS) is 18.9. The molecular formula is C14H27N5O.